The van der Waals surface area contributed by atoms with E-state index < -0.39 is 4.92 Å². The molecule has 0 aliphatic heterocycles. The molecule has 5 nitrogen and oxygen atoms in total. The van der Waals surface area contributed by atoms with Gasteiger partial charge in [0, 0.05) is 17.7 Å². The van der Waals surface area contributed by atoms with Crippen molar-refractivity contribution in [3.05, 3.63) is 64.2 Å². The molecule has 2 aromatic rings. The van der Waals surface area contributed by atoms with Crippen LogP contribution in [0.1, 0.15) is 12.5 Å². The van der Waals surface area contributed by atoms with Crippen LogP contribution in [0.4, 0.5) is 5.69 Å². The van der Waals surface area contributed by atoms with Crippen molar-refractivity contribution < 1.29 is 14.4 Å². The first-order chi connectivity index (χ1) is 10.1. The van der Waals surface area contributed by atoms with E-state index >= 15 is 0 Å². The molecule has 0 atom stereocenters. The van der Waals surface area contributed by atoms with Gasteiger partial charge in [0.25, 0.3) is 5.69 Å². The van der Waals surface area contributed by atoms with Gasteiger partial charge in [-0.3, -0.25) is 10.1 Å². The standard InChI is InChI=1S/C15H13NO4S/c1-2-19-13-7-3-11(4-8-13)15(21)20-14-9-5-12(6-10-14)16(17)18/h3-10H,2H2,1H3. The Hall–Kier alpha value is -2.47. The molecule has 0 unspecified atom stereocenters. The zero-order chi connectivity index (χ0) is 15.2. The Morgan fingerprint density at radius 2 is 1.67 bits per heavy atom. The van der Waals surface area contributed by atoms with Crippen LogP contribution in [-0.4, -0.2) is 16.6 Å². The summed E-state index contributed by atoms with van der Waals surface area (Å²) in [5, 5.41) is 10.9. The summed E-state index contributed by atoms with van der Waals surface area (Å²) in [6.45, 7) is 2.51. The molecule has 6 heteroatoms. The van der Waals surface area contributed by atoms with Gasteiger partial charge in [-0.1, -0.05) is 0 Å². The van der Waals surface area contributed by atoms with Gasteiger partial charge in [-0.25, -0.2) is 0 Å². The highest BCUT2D eigenvalue weighted by Gasteiger charge is 2.08. The first-order valence-electron chi connectivity index (χ1n) is 6.29. The van der Waals surface area contributed by atoms with Crippen molar-refractivity contribution in [1.29, 1.82) is 0 Å². The summed E-state index contributed by atoms with van der Waals surface area (Å²) in [6.07, 6.45) is 0. The summed E-state index contributed by atoms with van der Waals surface area (Å²) >= 11 is 5.20. The Morgan fingerprint density at radius 1 is 1.10 bits per heavy atom. The number of thiocarbonyl (C=S) groups is 1. The van der Waals surface area contributed by atoms with Crippen LogP contribution in [0, 0.1) is 10.1 Å². The van der Waals surface area contributed by atoms with E-state index in [4.69, 9.17) is 21.7 Å². The van der Waals surface area contributed by atoms with E-state index in [0.29, 0.717) is 17.4 Å². The number of non-ortho nitro benzene ring substituents is 1. The number of nitro benzene ring substituents is 1. The van der Waals surface area contributed by atoms with Crippen LogP contribution in [0.15, 0.2) is 48.5 Å². The molecule has 0 fully saturated rings. The maximum absolute atomic E-state index is 10.6. The quantitative estimate of drug-likeness (QED) is 0.478. The van der Waals surface area contributed by atoms with Gasteiger partial charge in [-0.2, -0.15) is 0 Å². The van der Waals surface area contributed by atoms with Crippen LogP contribution < -0.4 is 9.47 Å². The van der Waals surface area contributed by atoms with Gasteiger partial charge in [-0.05, 0) is 55.5 Å². The summed E-state index contributed by atoms with van der Waals surface area (Å²) in [5.74, 6) is 1.22. The SMILES string of the molecule is CCOc1ccc(C(=S)Oc2ccc([N+](=O)[O-])cc2)cc1. The number of hydrogen-bond donors (Lipinski definition) is 0. The second kappa shape index (κ2) is 6.81. The van der Waals surface area contributed by atoms with Gasteiger partial charge in [0.15, 0.2) is 5.05 Å². The van der Waals surface area contributed by atoms with Crippen molar-refractivity contribution in [3.8, 4) is 11.5 Å². The lowest BCUT2D eigenvalue weighted by atomic mass is 10.2. The van der Waals surface area contributed by atoms with Crippen LogP contribution in [0.3, 0.4) is 0 Å². The van der Waals surface area contributed by atoms with Gasteiger partial charge < -0.3 is 9.47 Å². The molecule has 0 bridgehead atoms. The summed E-state index contributed by atoms with van der Waals surface area (Å²) < 4.78 is 10.8. The lowest BCUT2D eigenvalue weighted by Crippen LogP contribution is -2.07. The predicted octanol–water partition coefficient (Wildman–Crippen LogP) is 3.75. The molecule has 0 amide bonds. The minimum absolute atomic E-state index is 0.00864. The average molecular weight is 303 g/mol. The monoisotopic (exact) mass is 303 g/mol. The number of nitro groups is 1. The number of benzene rings is 2. The van der Waals surface area contributed by atoms with Gasteiger partial charge in [-0.15, -0.1) is 0 Å². The van der Waals surface area contributed by atoms with Gasteiger partial charge >= 0.3 is 0 Å². The third-order valence-electron chi connectivity index (χ3n) is 2.66. The summed E-state index contributed by atoms with van der Waals surface area (Å²) in [6, 6.07) is 13.0. The van der Waals surface area contributed by atoms with Crippen molar-refractivity contribution in [2.24, 2.45) is 0 Å². The second-order valence-electron chi connectivity index (χ2n) is 4.10. The molecule has 21 heavy (non-hydrogen) atoms. The van der Waals surface area contributed by atoms with E-state index in [1.807, 2.05) is 19.1 Å². The molecule has 0 aliphatic rings. The van der Waals surface area contributed by atoms with Gasteiger partial charge in [0.05, 0.1) is 11.5 Å². The molecule has 0 aliphatic carbocycles. The highest BCUT2D eigenvalue weighted by molar-refractivity contribution is 7.80. The Balaban J connectivity index is 2.05. The highest BCUT2D eigenvalue weighted by Crippen LogP contribution is 2.19. The van der Waals surface area contributed by atoms with Crippen LogP contribution in [0.5, 0.6) is 11.5 Å². The van der Waals surface area contributed by atoms with Crippen molar-refractivity contribution in [3.63, 3.8) is 0 Å². The minimum Gasteiger partial charge on any atom is -0.494 e. The fourth-order valence-corrected chi connectivity index (χ4v) is 1.89. The first-order valence-corrected chi connectivity index (χ1v) is 6.70. The lowest BCUT2D eigenvalue weighted by Gasteiger charge is -2.08. The smallest absolute Gasteiger partial charge is 0.269 e. The van der Waals surface area contributed by atoms with Gasteiger partial charge in [0.2, 0.25) is 0 Å². The largest absolute Gasteiger partial charge is 0.494 e. The van der Waals surface area contributed by atoms with E-state index in [1.54, 1.807) is 12.1 Å². The minimum atomic E-state index is -0.464. The molecule has 0 heterocycles. The van der Waals surface area contributed by atoms with E-state index in [2.05, 4.69) is 0 Å². The molecule has 2 rings (SSSR count). The van der Waals surface area contributed by atoms with Crippen molar-refractivity contribution in [2.75, 3.05) is 6.61 Å². The first kappa shape index (κ1) is 14.9. The fraction of sp³-hybridized carbons (Fsp3) is 0.133. The molecular weight excluding hydrogens is 290 g/mol. The van der Waals surface area contributed by atoms with Crippen LogP contribution in [-0.2, 0) is 0 Å². The number of rotatable bonds is 5. The normalized spacial score (nSPS) is 9.95. The summed E-state index contributed by atoms with van der Waals surface area (Å²) in [5.41, 5.74) is 0.751. The molecule has 0 saturated carbocycles. The van der Waals surface area contributed by atoms with Crippen LogP contribution in [0.25, 0.3) is 0 Å². The maximum Gasteiger partial charge on any atom is 0.269 e. The van der Waals surface area contributed by atoms with Crippen LogP contribution >= 0.6 is 12.2 Å². The van der Waals surface area contributed by atoms with E-state index in [9.17, 15) is 10.1 Å². The maximum atomic E-state index is 10.6. The molecule has 0 spiro atoms. The molecule has 0 aromatic heterocycles. The summed E-state index contributed by atoms with van der Waals surface area (Å²) in [4.78, 5) is 10.1. The Kier molecular flexibility index (Phi) is 4.84. The zero-order valence-electron chi connectivity index (χ0n) is 11.3. The van der Waals surface area contributed by atoms with Crippen molar-refractivity contribution in [2.45, 2.75) is 6.92 Å². The predicted molar refractivity (Wildman–Crippen MR) is 83.0 cm³/mol. The molecule has 0 saturated heterocycles. The third-order valence-corrected chi connectivity index (χ3v) is 2.98. The second-order valence-corrected chi connectivity index (χ2v) is 4.47. The number of hydrogen-bond acceptors (Lipinski definition) is 5. The fourth-order valence-electron chi connectivity index (χ4n) is 1.66. The van der Waals surface area contributed by atoms with Crippen molar-refractivity contribution >= 4 is 23.0 Å². The Bertz CT molecular complexity index is 638. The van der Waals surface area contributed by atoms with Crippen molar-refractivity contribution in [1.82, 2.24) is 0 Å². The van der Waals surface area contributed by atoms with E-state index in [1.165, 1.54) is 24.3 Å². The van der Waals surface area contributed by atoms with Crippen LogP contribution in [0.2, 0.25) is 0 Å². The Labute approximate surface area is 127 Å². The molecular formula is C15H13NO4S. The molecule has 108 valence electrons. The average Bonchev–Trinajstić information content (AvgIpc) is 2.49. The third kappa shape index (κ3) is 4.00. The molecule has 2 aromatic carbocycles. The number of ether oxygens (including phenoxy) is 2. The molecule has 0 radical (unpaired) electrons. The number of nitrogens with zero attached hydrogens (tertiary/aromatic N) is 1. The molecule has 0 N–H and O–H groups in total. The summed E-state index contributed by atoms with van der Waals surface area (Å²) in [7, 11) is 0. The van der Waals surface area contributed by atoms with E-state index in [0.717, 1.165) is 11.3 Å². The van der Waals surface area contributed by atoms with Gasteiger partial charge in [0.1, 0.15) is 11.5 Å². The Morgan fingerprint density at radius 3 is 2.19 bits per heavy atom. The van der Waals surface area contributed by atoms with E-state index in [-0.39, 0.29) is 5.69 Å². The highest BCUT2D eigenvalue weighted by atomic mass is 32.1. The zero-order valence-corrected chi connectivity index (χ0v) is 12.1. The topological polar surface area (TPSA) is 61.6 Å². The lowest BCUT2D eigenvalue weighted by molar-refractivity contribution is -0.384.